The predicted octanol–water partition coefficient (Wildman–Crippen LogP) is 4.83. The molecule has 1 unspecified atom stereocenters. The van der Waals surface area contributed by atoms with Gasteiger partial charge in [0.2, 0.25) is 0 Å². The van der Waals surface area contributed by atoms with E-state index in [-0.39, 0.29) is 15.3 Å². The molecule has 0 bridgehead atoms. The number of aryl methyl sites for hydroxylation is 1. The van der Waals surface area contributed by atoms with E-state index in [1.54, 1.807) is 12.1 Å². The number of carbonyl (C=O) groups excluding carboxylic acids is 1. The number of benzene rings is 1. The van der Waals surface area contributed by atoms with Crippen LogP contribution >= 0.6 is 50.7 Å². The van der Waals surface area contributed by atoms with Crippen LogP contribution in [0.5, 0.6) is 0 Å². The van der Waals surface area contributed by atoms with E-state index in [0.717, 1.165) is 5.56 Å². The second-order valence-electron chi connectivity index (χ2n) is 3.20. The fourth-order valence-corrected chi connectivity index (χ4v) is 2.15. The molecule has 0 N–H and O–H groups in total. The van der Waals surface area contributed by atoms with Crippen molar-refractivity contribution in [3.05, 3.63) is 44.9 Å². The molecule has 0 aliphatic carbocycles. The Morgan fingerprint density at radius 3 is 2.12 bits per heavy atom. The summed E-state index contributed by atoms with van der Waals surface area (Å²) in [4.78, 5) is 11.2. The average molecular weight is 342 g/mol. The molecule has 0 saturated carbocycles. The lowest BCUT2D eigenvalue weighted by atomic mass is 10.1. The van der Waals surface area contributed by atoms with Crippen LogP contribution in [0.1, 0.15) is 15.9 Å². The number of Topliss-reactive ketones (excluding diaryl/α,β-unsaturated/α-hetero) is 1. The second kappa shape index (κ2) is 6.06. The molecule has 1 atom stereocenters. The van der Waals surface area contributed by atoms with Crippen molar-refractivity contribution < 1.29 is 4.79 Å². The van der Waals surface area contributed by atoms with Gasteiger partial charge in [-0.05, 0) is 6.92 Å². The third-order valence-corrected chi connectivity index (χ3v) is 4.11. The van der Waals surface area contributed by atoms with E-state index < -0.39 is 4.83 Å². The maximum Gasteiger partial charge on any atom is 0.181 e. The van der Waals surface area contributed by atoms with Crippen molar-refractivity contribution in [2.45, 2.75) is 11.8 Å². The van der Waals surface area contributed by atoms with Gasteiger partial charge in [0.1, 0.15) is 9.32 Å². The van der Waals surface area contributed by atoms with Gasteiger partial charge in [0, 0.05) is 5.56 Å². The summed E-state index contributed by atoms with van der Waals surface area (Å²) < 4.78 is -0.107. The zero-order valence-electron chi connectivity index (χ0n) is 8.31. The van der Waals surface area contributed by atoms with E-state index in [1.807, 2.05) is 19.1 Å². The number of carbonyl (C=O) groups is 1. The molecule has 16 heavy (non-hydrogen) atoms. The minimum absolute atomic E-state index is 0.0916. The summed E-state index contributed by atoms with van der Waals surface area (Å²) in [5, 5.41) is 0.0916. The summed E-state index contributed by atoms with van der Waals surface area (Å²) in [6, 6.07) is 7.18. The molecule has 0 saturated heterocycles. The van der Waals surface area contributed by atoms with Crippen molar-refractivity contribution >= 4 is 56.5 Å². The number of rotatable bonds is 3. The highest BCUT2D eigenvalue weighted by molar-refractivity contribution is 9.10. The third-order valence-electron chi connectivity index (χ3n) is 1.97. The van der Waals surface area contributed by atoms with E-state index in [9.17, 15) is 4.79 Å². The highest BCUT2D eigenvalue weighted by Gasteiger charge is 2.22. The molecule has 0 fully saturated rings. The van der Waals surface area contributed by atoms with Crippen LogP contribution in [0.4, 0.5) is 0 Å². The minimum Gasteiger partial charge on any atom is -0.292 e. The predicted molar refractivity (Wildman–Crippen MR) is 72.8 cm³/mol. The molecule has 0 spiro atoms. The number of halogens is 4. The zero-order valence-corrected chi connectivity index (χ0v) is 12.2. The third kappa shape index (κ3) is 3.49. The number of allylic oxidation sites excluding steroid dienone is 1. The van der Waals surface area contributed by atoms with Crippen LogP contribution in [-0.2, 0) is 0 Å². The highest BCUT2D eigenvalue weighted by atomic mass is 79.9. The van der Waals surface area contributed by atoms with Gasteiger partial charge in [-0.3, -0.25) is 4.79 Å². The summed E-state index contributed by atoms with van der Waals surface area (Å²) in [7, 11) is 0. The summed E-state index contributed by atoms with van der Waals surface area (Å²) in [6.45, 7) is 1.95. The lowest BCUT2D eigenvalue weighted by molar-refractivity contribution is 0.100. The fourth-order valence-electron chi connectivity index (χ4n) is 1.08. The molecule has 0 heterocycles. The van der Waals surface area contributed by atoms with Crippen LogP contribution in [0.3, 0.4) is 0 Å². The Balaban J connectivity index is 2.95. The Morgan fingerprint density at radius 2 is 1.69 bits per heavy atom. The standard InChI is InChI=1S/C11H8BrCl3O/c1-6-2-4-7(5-3-6)10(16)8(12)9(13)11(14)15/h2-5,8H,1H3. The molecule has 1 aromatic rings. The second-order valence-corrected chi connectivity index (χ2v) is 5.47. The molecule has 0 aromatic heterocycles. The van der Waals surface area contributed by atoms with Crippen molar-refractivity contribution in [2.75, 3.05) is 0 Å². The maximum absolute atomic E-state index is 11.9. The van der Waals surface area contributed by atoms with Crippen LogP contribution in [0.25, 0.3) is 0 Å². The van der Waals surface area contributed by atoms with Gasteiger partial charge in [0.25, 0.3) is 0 Å². The van der Waals surface area contributed by atoms with Crippen molar-refractivity contribution in [3.63, 3.8) is 0 Å². The Labute approximate surface area is 118 Å². The molecule has 0 amide bonds. The monoisotopic (exact) mass is 340 g/mol. The van der Waals surface area contributed by atoms with E-state index in [2.05, 4.69) is 15.9 Å². The van der Waals surface area contributed by atoms with E-state index >= 15 is 0 Å². The van der Waals surface area contributed by atoms with E-state index in [1.165, 1.54) is 0 Å². The number of alkyl halides is 1. The molecule has 1 rings (SSSR count). The first-order valence-corrected chi connectivity index (χ1v) is 6.44. The van der Waals surface area contributed by atoms with Crippen molar-refractivity contribution in [1.29, 1.82) is 0 Å². The molecular weight excluding hydrogens is 334 g/mol. The first-order valence-electron chi connectivity index (χ1n) is 4.39. The molecule has 0 aliphatic rings. The lowest BCUT2D eigenvalue weighted by Crippen LogP contribution is -2.14. The minimum atomic E-state index is -0.707. The fraction of sp³-hybridized carbons (Fsp3) is 0.182. The Kier molecular flexibility index (Phi) is 5.32. The summed E-state index contributed by atoms with van der Waals surface area (Å²) in [5.74, 6) is -0.177. The summed E-state index contributed by atoms with van der Waals surface area (Å²) in [5.41, 5.74) is 1.64. The Morgan fingerprint density at radius 1 is 1.19 bits per heavy atom. The molecular formula is C11H8BrCl3O. The number of hydrogen-bond acceptors (Lipinski definition) is 1. The molecule has 0 aliphatic heterocycles. The average Bonchev–Trinajstić information content (AvgIpc) is 2.27. The van der Waals surface area contributed by atoms with Crippen molar-refractivity contribution in [1.82, 2.24) is 0 Å². The molecule has 1 aromatic carbocycles. The van der Waals surface area contributed by atoms with Crippen molar-refractivity contribution in [3.8, 4) is 0 Å². The molecule has 5 heteroatoms. The zero-order chi connectivity index (χ0) is 12.3. The number of hydrogen-bond donors (Lipinski definition) is 0. The lowest BCUT2D eigenvalue weighted by Gasteiger charge is -2.08. The van der Waals surface area contributed by atoms with Gasteiger partial charge >= 0.3 is 0 Å². The van der Waals surface area contributed by atoms with Gasteiger partial charge in [-0.1, -0.05) is 80.6 Å². The van der Waals surface area contributed by atoms with E-state index in [0.29, 0.717) is 5.56 Å². The number of ketones is 1. The SMILES string of the molecule is Cc1ccc(C(=O)C(Br)C(Cl)=C(Cl)Cl)cc1. The summed E-state index contributed by atoms with van der Waals surface area (Å²) in [6.07, 6.45) is 0. The molecule has 0 radical (unpaired) electrons. The van der Waals surface area contributed by atoms with Gasteiger partial charge in [-0.25, -0.2) is 0 Å². The first kappa shape index (κ1) is 14.0. The maximum atomic E-state index is 11.9. The van der Waals surface area contributed by atoms with Crippen LogP contribution < -0.4 is 0 Å². The van der Waals surface area contributed by atoms with Crippen LogP contribution in [-0.4, -0.2) is 10.6 Å². The van der Waals surface area contributed by atoms with Gasteiger partial charge in [0.15, 0.2) is 5.78 Å². The quantitative estimate of drug-likeness (QED) is 0.568. The Bertz CT molecular complexity index is 421. The van der Waals surface area contributed by atoms with Crippen LogP contribution in [0.2, 0.25) is 0 Å². The Hall–Kier alpha value is -0.0200. The van der Waals surface area contributed by atoms with E-state index in [4.69, 9.17) is 34.8 Å². The van der Waals surface area contributed by atoms with Gasteiger partial charge < -0.3 is 0 Å². The molecule has 86 valence electrons. The smallest absolute Gasteiger partial charge is 0.181 e. The first-order chi connectivity index (χ1) is 7.43. The van der Waals surface area contributed by atoms with Crippen LogP contribution in [0.15, 0.2) is 33.8 Å². The highest BCUT2D eigenvalue weighted by Crippen LogP contribution is 2.28. The molecule has 1 nitrogen and oxygen atoms in total. The van der Waals surface area contributed by atoms with Crippen molar-refractivity contribution in [2.24, 2.45) is 0 Å². The van der Waals surface area contributed by atoms with Crippen LogP contribution in [0, 0.1) is 6.92 Å². The topological polar surface area (TPSA) is 17.1 Å². The summed E-state index contributed by atoms with van der Waals surface area (Å²) >= 11 is 20.0. The van der Waals surface area contributed by atoms with Gasteiger partial charge in [-0.2, -0.15) is 0 Å². The largest absolute Gasteiger partial charge is 0.292 e. The normalized spacial score (nSPS) is 12.1. The van der Waals surface area contributed by atoms with Gasteiger partial charge in [-0.15, -0.1) is 0 Å². The van der Waals surface area contributed by atoms with Gasteiger partial charge in [0.05, 0.1) is 5.03 Å².